The van der Waals surface area contributed by atoms with Crippen LogP contribution in [0, 0.1) is 55.4 Å². The molecule has 3 heterocycles. The van der Waals surface area contributed by atoms with E-state index in [0.717, 1.165) is 28.3 Å². The van der Waals surface area contributed by atoms with E-state index in [1.165, 1.54) is 15.6 Å². The Morgan fingerprint density at radius 2 is 1.48 bits per heavy atom. The monoisotopic (exact) mass is 335 g/mol. The minimum Gasteiger partial charge on any atom is -0.361 e. The van der Waals surface area contributed by atoms with Gasteiger partial charge in [-0.2, -0.15) is 0 Å². The van der Waals surface area contributed by atoms with Gasteiger partial charge < -0.3 is 9.05 Å². The summed E-state index contributed by atoms with van der Waals surface area (Å²) >= 11 is 1.76. The van der Waals surface area contributed by atoms with Gasteiger partial charge in [0.2, 0.25) is 0 Å². The van der Waals surface area contributed by atoms with Gasteiger partial charge in [0.15, 0.2) is 0 Å². The molecule has 0 unspecified atom stereocenters. The second-order valence-electron chi connectivity index (χ2n) is 5.39. The number of hydrogen-bond donors (Lipinski definition) is 0. The van der Waals surface area contributed by atoms with E-state index in [1.807, 2.05) is 48.5 Å². The zero-order valence-electron chi connectivity index (χ0n) is 15.1. The average Bonchev–Trinajstić information content (AvgIpc) is 3.10. The normalized spacial score (nSPS) is 9.74. The van der Waals surface area contributed by atoms with Crippen LogP contribution in [0.3, 0.4) is 0 Å². The second-order valence-corrected chi connectivity index (χ2v) is 6.80. The molecule has 126 valence electrons. The predicted molar refractivity (Wildman–Crippen MR) is 93.0 cm³/mol. The molecular weight excluding hydrogens is 310 g/mol. The van der Waals surface area contributed by atoms with Gasteiger partial charge in [-0.1, -0.05) is 10.3 Å². The van der Waals surface area contributed by atoms with Gasteiger partial charge in [0.1, 0.15) is 11.5 Å². The highest BCUT2D eigenvalue weighted by molar-refractivity contribution is 7.11. The van der Waals surface area contributed by atoms with E-state index >= 15 is 0 Å². The van der Waals surface area contributed by atoms with Crippen molar-refractivity contribution in [3.05, 3.63) is 50.1 Å². The van der Waals surface area contributed by atoms with E-state index in [-0.39, 0.29) is 0 Å². The molecule has 0 atom stereocenters. The summed E-state index contributed by atoms with van der Waals surface area (Å²) in [6.45, 7) is 15.9. The topological polar surface area (TPSA) is 65.0 Å². The first-order valence-corrected chi connectivity index (χ1v) is 8.22. The Labute approximate surface area is 141 Å². The van der Waals surface area contributed by atoms with Gasteiger partial charge >= 0.3 is 0 Å². The van der Waals surface area contributed by atoms with Gasteiger partial charge in [0, 0.05) is 16.0 Å². The fourth-order valence-corrected chi connectivity index (χ4v) is 2.33. The lowest BCUT2D eigenvalue weighted by Crippen LogP contribution is -1.73. The van der Waals surface area contributed by atoms with Crippen LogP contribution >= 0.6 is 11.3 Å². The summed E-state index contributed by atoms with van der Waals surface area (Å²) in [5.74, 6) is 1.82. The smallest absolute Gasteiger partial charge is 0.136 e. The van der Waals surface area contributed by atoms with Crippen molar-refractivity contribution >= 4 is 11.3 Å². The van der Waals surface area contributed by atoms with Gasteiger partial charge in [-0.25, -0.2) is 4.98 Å². The summed E-state index contributed by atoms with van der Waals surface area (Å²) in [6.07, 6.45) is 1.70. The number of hydrogen-bond acceptors (Lipinski definition) is 6. The van der Waals surface area contributed by atoms with Gasteiger partial charge in [-0.15, -0.1) is 11.3 Å². The maximum atomic E-state index is 4.84. The molecule has 23 heavy (non-hydrogen) atoms. The Kier molecular flexibility index (Phi) is 7.16. The van der Waals surface area contributed by atoms with E-state index < -0.39 is 0 Å². The lowest BCUT2D eigenvalue weighted by molar-refractivity contribution is 0.392. The molecule has 0 amide bonds. The van der Waals surface area contributed by atoms with Crippen LogP contribution in [-0.2, 0) is 0 Å². The van der Waals surface area contributed by atoms with Crippen molar-refractivity contribution in [2.45, 2.75) is 55.4 Å². The molecule has 0 spiro atoms. The van der Waals surface area contributed by atoms with E-state index in [4.69, 9.17) is 9.05 Å². The Morgan fingerprint density at radius 1 is 0.826 bits per heavy atom. The summed E-state index contributed by atoms with van der Waals surface area (Å²) in [7, 11) is 0. The van der Waals surface area contributed by atoms with E-state index in [9.17, 15) is 0 Å². The molecule has 3 rings (SSSR count). The number of aromatic nitrogens is 3. The van der Waals surface area contributed by atoms with Crippen LogP contribution in [0.25, 0.3) is 0 Å². The van der Waals surface area contributed by atoms with Crippen LogP contribution < -0.4 is 0 Å². The third-order valence-electron chi connectivity index (χ3n) is 3.52. The van der Waals surface area contributed by atoms with Crippen LogP contribution in [0.5, 0.6) is 0 Å². The van der Waals surface area contributed by atoms with Crippen LogP contribution in [-0.4, -0.2) is 15.3 Å². The standard InChI is InChI=1S/C6H9NO.C6H9NS.C5H7NO/c1-4-5(2)7-8-6(4)3;1-4-5(2)8-6(3)7-4;1-4-3-6-7-5(4)2/h2*1-3H3;3H,1-2H3. The molecule has 5 nitrogen and oxygen atoms in total. The summed E-state index contributed by atoms with van der Waals surface area (Å²) in [5, 5.41) is 8.45. The van der Waals surface area contributed by atoms with Crippen molar-refractivity contribution < 1.29 is 9.05 Å². The molecule has 0 N–H and O–H groups in total. The second kappa shape index (κ2) is 8.62. The maximum Gasteiger partial charge on any atom is 0.136 e. The van der Waals surface area contributed by atoms with Crippen molar-refractivity contribution in [2.75, 3.05) is 0 Å². The molecule has 0 fully saturated rings. The third kappa shape index (κ3) is 5.98. The Balaban J connectivity index is 0.000000173. The zero-order chi connectivity index (χ0) is 17.6. The van der Waals surface area contributed by atoms with E-state index in [2.05, 4.69) is 22.2 Å². The molecule has 0 aliphatic heterocycles. The zero-order valence-corrected chi connectivity index (χ0v) is 16.0. The molecule has 0 aliphatic carbocycles. The first kappa shape index (κ1) is 19.1. The van der Waals surface area contributed by atoms with Crippen molar-refractivity contribution in [3.63, 3.8) is 0 Å². The molecule has 0 aromatic carbocycles. The highest BCUT2D eigenvalue weighted by Crippen LogP contribution is 2.14. The molecule has 0 saturated carbocycles. The van der Waals surface area contributed by atoms with Gasteiger partial charge in [-0.05, 0) is 55.4 Å². The fraction of sp³-hybridized carbons (Fsp3) is 0.471. The molecule has 0 saturated heterocycles. The first-order chi connectivity index (χ1) is 10.7. The Hall–Kier alpha value is -1.95. The summed E-state index contributed by atoms with van der Waals surface area (Å²) in [6, 6.07) is 0. The molecule has 0 bridgehead atoms. The van der Waals surface area contributed by atoms with Gasteiger partial charge in [0.25, 0.3) is 0 Å². The van der Waals surface area contributed by atoms with Gasteiger partial charge in [-0.3, -0.25) is 0 Å². The molecule has 0 aliphatic rings. The number of nitrogens with zero attached hydrogens (tertiary/aromatic N) is 3. The summed E-state index contributed by atoms with van der Waals surface area (Å²) < 4.78 is 9.56. The fourth-order valence-electron chi connectivity index (χ4n) is 1.51. The molecule has 6 heteroatoms. The number of rotatable bonds is 0. The van der Waals surface area contributed by atoms with E-state index in [1.54, 1.807) is 17.5 Å². The predicted octanol–water partition coefficient (Wildman–Crippen LogP) is 4.96. The molecule has 3 aromatic heterocycles. The molecular formula is C17H25N3O2S. The van der Waals surface area contributed by atoms with Crippen molar-refractivity contribution in [1.82, 2.24) is 15.3 Å². The van der Waals surface area contributed by atoms with Crippen LogP contribution in [0.4, 0.5) is 0 Å². The molecule has 0 radical (unpaired) electrons. The SMILES string of the molecule is Cc1cnoc1C.Cc1nc(C)c(C)s1.Cc1noc(C)c1C. The Morgan fingerprint density at radius 3 is 1.61 bits per heavy atom. The highest BCUT2D eigenvalue weighted by atomic mass is 32.1. The Bertz CT molecular complexity index is 685. The third-order valence-corrected chi connectivity index (χ3v) is 4.51. The van der Waals surface area contributed by atoms with Crippen molar-refractivity contribution in [3.8, 4) is 0 Å². The minimum absolute atomic E-state index is 0.903. The lowest BCUT2D eigenvalue weighted by Gasteiger charge is -1.80. The van der Waals surface area contributed by atoms with Gasteiger partial charge in [0.05, 0.1) is 22.6 Å². The maximum absolute atomic E-state index is 4.84. The number of thiazole rings is 1. The summed E-state index contributed by atoms with van der Waals surface area (Å²) in [4.78, 5) is 5.56. The highest BCUT2D eigenvalue weighted by Gasteiger charge is 2.00. The van der Waals surface area contributed by atoms with E-state index in [0.29, 0.717) is 0 Å². The van der Waals surface area contributed by atoms with Crippen molar-refractivity contribution in [2.24, 2.45) is 0 Å². The lowest BCUT2D eigenvalue weighted by atomic mass is 10.2. The largest absolute Gasteiger partial charge is 0.361 e. The number of aryl methyl sites for hydroxylation is 7. The van der Waals surface area contributed by atoms with Crippen molar-refractivity contribution in [1.29, 1.82) is 0 Å². The van der Waals surface area contributed by atoms with Crippen LogP contribution in [0.15, 0.2) is 15.2 Å². The average molecular weight is 335 g/mol. The molecule has 3 aromatic rings. The quantitative estimate of drug-likeness (QED) is 0.581. The van der Waals surface area contributed by atoms with Crippen LogP contribution in [0.2, 0.25) is 0 Å². The van der Waals surface area contributed by atoms with Crippen LogP contribution in [0.1, 0.15) is 43.9 Å². The first-order valence-electron chi connectivity index (χ1n) is 7.40. The minimum atomic E-state index is 0.903. The summed E-state index contributed by atoms with van der Waals surface area (Å²) in [5.41, 5.74) is 4.43.